The zero-order valence-electron chi connectivity index (χ0n) is 8.69. The highest BCUT2D eigenvalue weighted by molar-refractivity contribution is 8.14. The minimum absolute atomic E-state index is 0.809. The molecule has 1 aromatic rings. The fraction of sp³-hybridized carbons (Fsp3) is 0.364. The van der Waals surface area contributed by atoms with E-state index in [4.69, 9.17) is 4.74 Å². The summed E-state index contributed by atoms with van der Waals surface area (Å²) in [6.07, 6.45) is 0. The standard InChI is InChI=1S/C11H14N2OS/c1-14-10-4-2-3-9(7-10)8-13-11-12-5-6-15-11/h2-4,7H,5-6,8H2,1H3,(H,12,13). The zero-order valence-corrected chi connectivity index (χ0v) is 9.51. The predicted octanol–water partition coefficient (Wildman–Crippen LogP) is 1.89. The first kappa shape index (κ1) is 10.4. The summed E-state index contributed by atoms with van der Waals surface area (Å²) >= 11 is 1.78. The number of amidine groups is 1. The molecule has 0 unspecified atom stereocenters. The van der Waals surface area contributed by atoms with E-state index in [1.165, 1.54) is 5.56 Å². The molecule has 3 nitrogen and oxygen atoms in total. The molecule has 0 atom stereocenters. The maximum absolute atomic E-state index is 5.16. The smallest absolute Gasteiger partial charge is 0.156 e. The van der Waals surface area contributed by atoms with Crippen molar-refractivity contribution in [3.63, 3.8) is 0 Å². The van der Waals surface area contributed by atoms with Gasteiger partial charge in [-0.05, 0) is 17.7 Å². The first-order valence-corrected chi connectivity index (χ1v) is 5.91. The van der Waals surface area contributed by atoms with Gasteiger partial charge in [0, 0.05) is 12.3 Å². The maximum Gasteiger partial charge on any atom is 0.156 e. The second-order valence-corrected chi connectivity index (χ2v) is 4.32. The minimum atomic E-state index is 0.809. The van der Waals surface area contributed by atoms with Crippen molar-refractivity contribution in [2.45, 2.75) is 6.54 Å². The van der Waals surface area contributed by atoms with Gasteiger partial charge >= 0.3 is 0 Å². The number of ether oxygens (including phenoxy) is 1. The average Bonchev–Trinajstić information content (AvgIpc) is 2.79. The van der Waals surface area contributed by atoms with Crippen LogP contribution >= 0.6 is 11.8 Å². The molecule has 2 rings (SSSR count). The third-order valence-corrected chi connectivity index (χ3v) is 3.10. The molecule has 0 saturated heterocycles. The molecule has 0 radical (unpaired) electrons. The highest BCUT2D eigenvalue weighted by atomic mass is 32.2. The molecule has 1 aromatic carbocycles. The van der Waals surface area contributed by atoms with Crippen LogP contribution in [0.5, 0.6) is 5.75 Å². The topological polar surface area (TPSA) is 33.6 Å². The number of benzene rings is 1. The Kier molecular flexibility index (Phi) is 3.50. The van der Waals surface area contributed by atoms with Crippen LogP contribution in [0.1, 0.15) is 5.56 Å². The molecule has 0 saturated carbocycles. The van der Waals surface area contributed by atoms with E-state index in [0.29, 0.717) is 0 Å². The van der Waals surface area contributed by atoms with E-state index in [2.05, 4.69) is 16.4 Å². The summed E-state index contributed by atoms with van der Waals surface area (Å²) in [5, 5.41) is 4.36. The number of hydrogen-bond acceptors (Lipinski definition) is 4. The summed E-state index contributed by atoms with van der Waals surface area (Å²) in [7, 11) is 1.68. The average molecular weight is 222 g/mol. The summed E-state index contributed by atoms with van der Waals surface area (Å²) in [5.41, 5.74) is 1.21. The van der Waals surface area contributed by atoms with E-state index >= 15 is 0 Å². The van der Waals surface area contributed by atoms with Gasteiger partial charge in [0.1, 0.15) is 5.75 Å². The molecule has 4 heteroatoms. The maximum atomic E-state index is 5.16. The van der Waals surface area contributed by atoms with Crippen molar-refractivity contribution in [1.82, 2.24) is 5.32 Å². The van der Waals surface area contributed by atoms with E-state index in [0.717, 1.165) is 29.8 Å². The van der Waals surface area contributed by atoms with Crippen LogP contribution in [0.15, 0.2) is 29.3 Å². The van der Waals surface area contributed by atoms with Crippen molar-refractivity contribution >= 4 is 16.9 Å². The van der Waals surface area contributed by atoms with Gasteiger partial charge in [-0.3, -0.25) is 4.99 Å². The second-order valence-electron chi connectivity index (χ2n) is 3.24. The van der Waals surface area contributed by atoms with E-state index in [1.807, 2.05) is 18.2 Å². The normalized spacial score (nSPS) is 14.9. The van der Waals surface area contributed by atoms with Crippen molar-refractivity contribution in [3.05, 3.63) is 29.8 Å². The number of nitrogens with zero attached hydrogens (tertiary/aromatic N) is 1. The number of aliphatic imine (C=N–C) groups is 1. The molecule has 1 aliphatic heterocycles. The van der Waals surface area contributed by atoms with Crippen molar-refractivity contribution in [2.75, 3.05) is 19.4 Å². The first-order valence-electron chi connectivity index (χ1n) is 4.92. The zero-order chi connectivity index (χ0) is 10.5. The summed E-state index contributed by atoms with van der Waals surface area (Å²) in [6, 6.07) is 8.06. The number of methoxy groups -OCH3 is 1. The highest BCUT2D eigenvalue weighted by Crippen LogP contribution is 2.14. The monoisotopic (exact) mass is 222 g/mol. The second kappa shape index (κ2) is 5.07. The molecule has 1 N–H and O–H groups in total. The molecule has 0 bridgehead atoms. The number of nitrogens with one attached hydrogen (secondary N) is 1. The largest absolute Gasteiger partial charge is 0.497 e. The Hall–Kier alpha value is -1.16. The predicted molar refractivity (Wildman–Crippen MR) is 64.6 cm³/mol. The Morgan fingerprint density at radius 2 is 2.47 bits per heavy atom. The van der Waals surface area contributed by atoms with Gasteiger partial charge in [-0.1, -0.05) is 23.9 Å². The van der Waals surface area contributed by atoms with Gasteiger partial charge in [-0.15, -0.1) is 0 Å². The third kappa shape index (κ3) is 2.89. The van der Waals surface area contributed by atoms with Crippen LogP contribution in [0.4, 0.5) is 0 Å². The Morgan fingerprint density at radius 1 is 1.53 bits per heavy atom. The van der Waals surface area contributed by atoms with Crippen molar-refractivity contribution in [1.29, 1.82) is 0 Å². The van der Waals surface area contributed by atoms with E-state index < -0.39 is 0 Å². The Morgan fingerprint density at radius 3 is 3.20 bits per heavy atom. The highest BCUT2D eigenvalue weighted by Gasteiger charge is 2.05. The first-order chi connectivity index (χ1) is 7.38. The van der Waals surface area contributed by atoms with Crippen LogP contribution in [0.2, 0.25) is 0 Å². The van der Waals surface area contributed by atoms with Crippen LogP contribution in [-0.2, 0) is 6.54 Å². The lowest BCUT2D eigenvalue weighted by molar-refractivity contribution is 0.414. The Balaban J connectivity index is 1.92. The van der Waals surface area contributed by atoms with E-state index in [1.54, 1.807) is 18.9 Å². The number of hydrogen-bond donors (Lipinski definition) is 1. The van der Waals surface area contributed by atoms with Crippen LogP contribution in [0.3, 0.4) is 0 Å². The SMILES string of the molecule is COc1cccc(CNC2=NCCS2)c1. The van der Waals surface area contributed by atoms with Crippen molar-refractivity contribution in [3.8, 4) is 5.75 Å². The molecule has 0 spiro atoms. The minimum Gasteiger partial charge on any atom is -0.497 e. The molecule has 0 fully saturated rings. The molecule has 0 aromatic heterocycles. The Bertz CT molecular complexity index is 365. The lowest BCUT2D eigenvalue weighted by Gasteiger charge is -2.06. The number of rotatable bonds is 3. The summed E-state index contributed by atoms with van der Waals surface area (Å²) < 4.78 is 5.16. The van der Waals surface area contributed by atoms with Crippen LogP contribution in [0.25, 0.3) is 0 Å². The lowest BCUT2D eigenvalue weighted by Crippen LogP contribution is -2.18. The Labute approximate surface area is 93.9 Å². The molecule has 1 heterocycles. The summed E-state index contributed by atoms with van der Waals surface area (Å²) in [5.74, 6) is 2.00. The fourth-order valence-electron chi connectivity index (χ4n) is 1.40. The van der Waals surface area contributed by atoms with E-state index in [9.17, 15) is 0 Å². The van der Waals surface area contributed by atoms with Crippen LogP contribution in [0, 0.1) is 0 Å². The van der Waals surface area contributed by atoms with Gasteiger partial charge in [0.15, 0.2) is 5.17 Å². The molecule has 15 heavy (non-hydrogen) atoms. The molecule has 0 amide bonds. The van der Waals surface area contributed by atoms with Gasteiger partial charge in [0.25, 0.3) is 0 Å². The summed E-state index contributed by atoms with van der Waals surface area (Å²) in [6.45, 7) is 1.74. The molecule has 0 aliphatic carbocycles. The quantitative estimate of drug-likeness (QED) is 0.848. The van der Waals surface area contributed by atoms with Gasteiger partial charge in [-0.25, -0.2) is 0 Å². The molecular weight excluding hydrogens is 208 g/mol. The fourth-order valence-corrected chi connectivity index (χ4v) is 2.13. The van der Waals surface area contributed by atoms with Crippen LogP contribution < -0.4 is 10.1 Å². The van der Waals surface area contributed by atoms with E-state index in [-0.39, 0.29) is 0 Å². The van der Waals surface area contributed by atoms with Gasteiger partial charge in [0.05, 0.1) is 13.7 Å². The van der Waals surface area contributed by atoms with Crippen molar-refractivity contribution < 1.29 is 4.74 Å². The molecule has 80 valence electrons. The summed E-state index contributed by atoms with van der Waals surface area (Å²) in [4.78, 5) is 4.33. The third-order valence-electron chi connectivity index (χ3n) is 2.16. The van der Waals surface area contributed by atoms with Crippen molar-refractivity contribution in [2.24, 2.45) is 4.99 Å². The number of thioether (sulfide) groups is 1. The van der Waals surface area contributed by atoms with Gasteiger partial charge < -0.3 is 10.1 Å². The van der Waals surface area contributed by atoms with Gasteiger partial charge in [0.2, 0.25) is 0 Å². The molecular formula is C11H14N2OS. The van der Waals surface area contributed by atoms with Crippen LogP contribution in [-0.4, -0.2) is 24.6 Å². The molecule has 1 aliphatic rings. The lowest BCUT2D eigenvalue weighted by atomic mass is 10.2. The van der Waals surface area contributed by atoms with Gasteiger partial charge in [-0.2, -0.15) is 0 Å².